The van der Waals surface area contributed by atoms with E-state index in [2.05, 4.69) is 18.7 Å². The van der Waals surface area contributed by atoms with E-state index in [1.54, 1.807) is 30.3 Å². The molecule has 1 aliphatic rings. The monoisotopic (exact) mass is 545 g/mol. The molecule has 190 valence electrons. The molecular formula is C18H13F6N3O6S2. The first-order valence-electron chi connectivity index (χ1n) is 9.33. The van der Waals surface area contributed by atoms with E-state index < -0.39 is 54.6 Å². The molecule has 2 heterocycles. The predicted molar refractivity (Wildman–Crippen MR) is 105 cm³/mol. The largest absolute Gasteiger partial charge is 0.534 e. The van der Waals surface area contributed by atoms with Crippen molar-refractivity contribution in [2.75, 3.05) is 6.54 Å². The minimum atomic E-state index is -6.44. The molecule has 1 aliphatic heterocycles. The highest BCUT2D eigenvalue weighted by Gasteiger charge is 2.51. The summed E-state index contributed by atoms with van der Waals surface area (Å²) in [6, 6.07) is 8.71. The zero-order valence-corrected chi connectivity index (χ0v) is 18.6. The molecule has 2 aromatic rings. The third kappa shape index (κ3) is 5.44. The molecule has 0 saturated carbocycles. The Balaban J connectivity index is 2.25. The first-order valence-corrected chi connectivity index (χ1v) is 12.1. The molecule has 1 aromatic carbocycles. The van der Waals surface area contributed by atoms with Crippen LogP contribution in [-0.2, 0) is 33.1 Å². The molecule has 1 N–H and O–H groups in total. The van der Waals surface area contributed by atoms with Crippen molar-refractivity contribution >= 4 is 20.2 Å². The van der Waals surface area contributed by atoms with E-state index in [0.717, 1.165) is 0 Å². The van der Waals surface area contributed by atoms with Crippen molar-refractivity contribution in [3.8, 4) is 17.8 Å². The van der Waals surface area contributed by atoms with Crippen LogP contribution in [-0.4, -0.2) is 39.4 Å². The van der Waals surface area contributed by atoms with Crippen LogP contribution in [0.5, 0.6) is 11.8 Å². The van der Waals surface area contributed by atoms with Gasteiger partial charge in [-0.15, -0.1) is 0 Å². The Kier molecular flexibility index (Phi) is 6.94. The molecule has 17 heteroatoms. The van der Waals surface area contributed by atoms with Gasteiger partial charge in [-0.05, 0) is 24.9 Å². The minimum absolute atomic E-state index is 0.0283. The summed E-state index contributed by atoms with van der Waals surface area (Å²) in [5.74, 6) is -2.94. The molecule has 0 radical (unpaired) electrons. The minimum Gasteiger partial charge on any atom is -0.355 e. The fourth-order valence-electron chi connectivity index (χ4n) is 3.26. The number of halogens is 6. The summed E-state index contributed by atoms with van der Waals surface area (Å²) in [6.45, 7) is 0.0283. The van der Waals surface area contributed by atoms with Crippen LogP contribution in [0.3, 0.4) is 0 Å². The van der Waals surface area contributed by atoms with E-state index in [0.29, 0.717) is 5.56 Å². The number of nitrogens with one attached hydrogen (secondary N) is 1. The lowest BCUT2D eigenvalue weighted by molar-refractivity contribution is -0.0502. The summed E-state index contributed by atoms with van der Waals surface area (Å²) in [6.07, 6.45) is -0.221. The van der Waals surface area contributed by atoms with Gasteiger partial charge in [-0.2, -0.15) is 53.4 Å². The van der Waals surface area contributed by atoms with Crippen LogP contribution in [0.4, 0.5) is 26.3 Å². The molecule has 0 amide bonds. The second-order valence-corrected chi connectivity index (χ2v) is 10.1. The number of nitriles is 1. The molecule has 0 saturated heterocycles. The first-order chi connectivity index (χ1) is 16.1. The number of hydrogen-bond donors (Lipinski definition) is 1. The van der Waals surface area contributed by atoms with Gasteiger partial charge >= 0.3 is 31.3 Å². The van der Waals surface area contributed by atoms with E-state index in [1.807, 2.05) is 0 Å². The standard InChI is InChI=1S/C18H13F6N3O6S2/c19-17(20,21)34(28,29)32-15-11-6-7-26-13(8-10-4-2-1-3-5-10)14(11)12(9-25)16(27-15)33-35(30,31)18(22,23)24/h1-5,13,26H,6-8H2. The van der Waals surface area contributed by atoms with Gasteiger partial charge in [0.05, 0.1) is 0 Å². The second kappa shape index (κ2) is 9.17. The quantitative estimate of drug-likeness (QED) is 0.330. The topological polar surface area (TPSA) is 135 Å². The van der Waals surface area contributed by atoms with Crippen LogP contribution in [0.1, 0.15) is 28.3 Å². The maximum absolute atomic E-state index is 12.9. The van der Waals surface area contributed by atoms with Gasteiger partial charge in [0.25, 0.3) is 5.88 Å². The van der Waals surface area contributed by atoms with Crippen molar-refractivity contribution in [1.29, 1.82) is 5.26 Å². The lowest BCUT2D eigenvalue weighted by atomic mass is 9.88. The van der Waals surface area contributed by atoms with E-state index in [1.165, 1.54) is 6.07 Å². The van der Waals surface area contributed by atoms with Crippen LogP contribution >= 0.6 is 0 Å². The number of benzene rings is 1. The molecule has 1 unspecified atom stereocenters. The van der Waals surface area contributed by atoms with E-state index in [4.69, 9.17) is 0 Å². The van der Waals surface area contributed by atoms with Crippen LogP contribution in [0, 0.1) is 11.3 Å². The zero-order chi connectivity index (χ0) is 26.2. The normalized spacial score (nSPS) is 16.8. The number of fused-ring (bicyclic) bond motifs is 1. The number of rotatable bonds is 6. The Morgan fingerprint density at radius 3 is 2.03 bits per heavy atom. The Hall–Kier alpha value is -3.10. The van der Waals surface area contributed by atoms with Gasteiger partial charge in [0.1, 0.15) is 11.6 Å². The molecule has 0 aliphatic carbocycles. The third-order valence-electron chi connectivity index (χ3n) is 4.72. The highest BCUT2D eigenvalue weighted by Crippen LogP contribution is 2.40. The smallest absolute Gasteiger partial charge is 0.355 e. The Labute approximate surface area is 194 Å². The first kappa shape index (κ1) is 26.5. The number of alkyl halides is 6. The lowest BCUT2D eigenvalue weighted by Gasteiger charge is -2.29. The number of pyridine rings is 1. The van der Waals surface area contributed by atoms with Gasteiger partial charge in [-0.3, -0.25) is 0 Å². The zero-order valence-electron chi connectivity index (χ0n) is 17.0. The van der Waals surface area contributed by atoms with E-state index >= 15 is 0 Å². The fourth-order valence-corrected chi connectivity index (χ4v) is 4.12. The van der Waals surface area contributed by atoms with Gasteiger partial charge in [-0.1, -0.05) is 30.3 Å². The van der Waals surface area contributed by atoms with Crippen LogP contribution < -0.4 is 13.7 Å². The van der Waals surface area contributed by atoms with E-state index in [9.17, 15) is 48.4 Å². The predicted octanol–water partition coefficient (Wildman–Crippen LogP) is 2.84. The van der Waals surface area contributed by atoms with Crippen molar-refractivity contribution in [3.05, 3.63) is 52.6 Å². The average Bonchev–Trinajstić information content (AvgIpc) is 2.73. The summed E-state index contributed by atoms with van der Waals surface area (Å²) < 4.78 is 132. The average molecular weight is 545 g/mol. The number of aromatic nitrogens is 1. The summed E-state index contributed by atoms with van der Waals surface area (Å²) in [7, 11) is -12.8. The maximum atomic E-state index is 12.9. The molecule has 9 nitrogen and oxygen atoms in total. The second-order valence-electron chi connectivity index (χ2n) is 7.01. The Bertz CT molecular complexity index is 1370. The SMILES string of the molecule is N#Cc1c(OS(=O)(=O)C(F)(F)F)nc(OS(=O)(=O)C(F)(F)F)c2c1C(Cc1ccccc1)NCC2. The summed E-state index contributed by atoms with van der Waals surface area (Å²) in [5.41, 5.74) is -12.8. The van der Waals surface area contributed by atoms with Gasteiger partial charge < -0.3 is 13.7 Å². The number of nitrogens with zero attached hydrogens (tertiary/aromatic N) is 2. The highest BCUT2D eigenvalue weighted by molar-refractivity contribution is 7.88. The molecule has 0 bridgehead atoms. The van der Waals surface area contributed by atoms with Crippen molar-refractivity contribution in [1.82, 2.24) is 10.3 Å². The molecule has 35 heavy (non-hydrogen) atoms. The third-order valence-corrected chi connectivity index (χ3v) is 6.61. The van der Waals surface area contributed by atoms with Crippen LogP contribution in [0.25, 0.3) is 0 Å². The van der Waals surface area contributed by atoms with Gasteiger partial charge in [0.2, 0.25) is 5.88 Å². The van der Waals surface area contributed by atoms with Crippen molar-refractivity contribution in [2.24, 2.45) is 0 Å². The molecule has 3 rings (SSSR count). The van der Waals surface area contributed by atoms with Crippen LogP contribution in [0.15, 0.2) is 30.3 Å². The van der Waals surface area contributed by atoms with Crippen molar-refractivity contribution in [2.45, 2.75) is 29.9 Å². The highest BCUT2D eigenvalue weighted by atomic mass is 32.2. The van der Waals surface area contributed by atoms with Crippen molar-refractivity contribution in [3.63, 3.8) is 0 Å². The molecule has 1 atom stereocenters. The molecule has 1 aromatic heterocycles. The molecule has 0 fully saturated rings. The van der Waals surface area contributed by atoms with Gasteiger partial charge in [0.15, 0.2) is 0 Å². The molecular weight excluding hydrogens is 532 g/mol. The lowest BCUT2D eigenvalue weighted by Crippen LogP contribution is -2.35. The van der Waals surface area contributed by atoms with Gasteiger partial charge in [0, 0.05) is 17.2 Å². The summed E-state index contributed by atoms with van der Waals surface area (Å²) in [4.78, 5) is 3.14. The maximum Gasteiger partial charge on any atom is 0.534 e. The Morgan fingerprint density at radius 2 is 1.51 bits per heavy atom. The van der Waals surface area contributed by atoms with Gasteiger partial charge in [-0.25, -0.2) is 0 Å². The summed E-state index contributed by atoms with van der Waals surface area (Å²) in [5, 5.41) is 12.5. The number of hydrogen-bond acceptors (Lipinski definition) is 9. The summed E-state index contributed by atoms with van der Waals surface area (Å²) >= 11 is 0. The molecule has 0 spiro atoms. The van der Waals surface area contributed by atoms with E-state index in [-0.39, 0.29) is 30.5 Å². The Morgan fingerprint density at radius 1 is 0.971 bits per heavy atom. The fraction of sp³-hybridized carbons (Fsp3) is 0.333. The van der Waals surface area contributed by atoms with Crippen LogP contribution in [0.2, 0.25) is 0 Å². The van der Waals surface area contributed by atoms with Crippen molar-refractivity contribution < 1.29 is 51.5 Å².